The fourth-order valence-electron chi connectivity index (χ4n) is 0.959. The average molecular weight is 193 g/mol. The summed E-state index contributed by atoms with van der Waals surface area (Å²) >= 11 is 0. The number of phenols is 1. The van der Waals surface area contributed by atoms with Crippen molar-refractivity contribution in [1.29, 1.82) is 0 Å². The van der Waals surface area contributed by atoms with E-state index >= 15 is 0 Å². The molecule has 0 spiro atoms. The largest absolute Gasteiger partial charge is 0.508 e. The van der Waals surface area contributed by atoms with E-state index in [-0.39, 0.29) is 5.75 Å². The molecule has 0 aliphatic rings. The van der Waals surface area contributed by atoms with Crippen LogP contribution in [0.3, 0.4) is 0 Å². The number of carbonyl (C=O) groups is 1. The number of carboxylic acids is 1. The Labute approximate surface area is 81.5 Å². The molecule has 4 heteroatoms. The zero-order valence-corrected chi connectivity index (χ0v) is 7.47. The number of carboxylic acid groups (broad SMARTS) is 1. The molecule has 1 rings (SSSR count). The van der Waals surface area contributed by atoms with E-state index in [1.165, 1.54) is 6.20 Å². The van der Waals surface area contributed by atoms with Crippen LogP contribution in [-0.4, -0.2) is 16.2 Å². The maximum atomic E-state index is 10.1. The van der Waals surface area contributed by atoms with E-state index in [1.54, 1.807) is 24.3 Å². The van der Waals surface area contributed by atoms with Crippen molar-refractivity contribution < 1.29 is 15.0 Å². The molecule has 74 valence electrons. The van der Waals surface area contributed by atoms with Gasteiger partial charge in [0.05, 0.1) is 0 Å². The highest BCUT2D eigenvalue weighted by Crippen LogP contribution is 2.14. The third-order valence-corrected chi connectivity index (χ3v) is 1.63. The number of para-hydroxylation sites is 1. The maximum absolute atomic E-state index is 10.1. The SMILES string of the molecule is O=C(O)/C=C/NCc1ccccc1O. The Morgan fingerprint density at radius 1 is 1.43 bits per heavy atom. The molecule has 1 aromatic carbocycles. The molecular weight excluding hydrogens is 182 g/mol. The van der Waals surface area contributed by atoms with Crippen molar-refractivity contribution in [3.05, 3.63) is 42.1 Å². The molecular formula is C10H11NO3. The Morgan fingerprint density at radius 3 is 2.79 bits per heavy atom. The first-order valence-corrected chi connectivity index (χ1v) is 4.10. The molecule has 0 unspecified atom stereocenters. The molecule has 0 aliphatic heterocycles. The predicted molar refractivity (Wildman–Crippen MR) is 51.7 cm³/mol. The predicted octanol–water partition coefficient (Wildman–Crippen LogP) is 1.08. The lowest BCUT2D eigenvalue weighted by Gasteiger charge is -2.02. The highest BCUT2D eigenvalue weighted by Gasteiger charge is 1.96. The monoisotopic (exact) mass is 193 g/mol. The van der Waals surface area contributed by atoms with Crippen molar-refractivity contribution in [3.63, 3.8) is 0 Å². The van der Waals surface area contributed by atoms with Crippen molar-refractivity contribution in [2.24, 2.45) is 0 Å². The number of phenolic OH excluding ortho intramolecular Hbond substituents is 1. The lowest BCUT2D eigenvalue weighted by atomic mass is 10.2. The third kappa shape index (κ3) is 3.18. The third-order valence-electron chi connectivity index (χ3n) is 1.63. The van der Waals surface area contributed by atoms with E-state index in [1.807, 2.05) is 0 Å². The molecule has 0 aliphatic carbocycles. The van der Waals surface area contributed by atoms with E-state index < -0.39 is 5.97 Å². The Balaban J connectivity index is 2.46. The van der Waals surface area contributed by atoms with Gasteiger partial charge in [-0.1, -0.05) is 18.2 Å². The van der Waals surface area contributed by atoms with Crippen LogP contribution in [0.25, 0.3) is 0 Å². The van der Waals surface area contributed by atoms with Gasteiger partial charge in [0.2, 0.25) is 0 Å². The Bertz CT molecular complexity index is 347. The number of hydrogen-bond donors (Lipinski definition) is 3. The van der Waals surface area contributed by atoms with Crippen LogP contribution in [0.4, 0.5) is 0 Å². The second-order valence-electron chi connectivity index (χ2n) is 2.68. The van der Waals surface area contributed by atoms with E-state index in [0.29, 0.717) is 6.54 Å². The minimum absolute atomic E-state index is 0.198. The lowest BCUT2D eigenvalue weighted by Crippen LogP contribution is -2.05. The summed E-state index contributed by atoms with van der Waals surface area (Å²) in [5.74, 6) is -0.807. The quantitative estimate of drug-likeness (QED) is 0.626. The number of rotatable bonds is 4. The molecule has 0 aromatic heterocycles. The molecule has 3 N–H and O–H groups in total. The molecule has 0 atom stereocenters. The number of nitrogens with one attached hydrogen (secondary N) is 1. The van der Waals surface area contributed by atoms with Gasteiger partial charge in [-0.25, -0.2) is 4.79 Å². The fraction of sp³-hybridized carbons (Fsp3) is 0.100. The molecule has 0 bridgehead atoms. The van der Waals surface area contributed by atoms with E-state index in [0.717, 1.165) is 11.6 Å². The van der Waals surface area contributed by atoms with Crippen LogP contribution < -0.4 is 5.32 Å². The first-order valence-electron chi connectivity index (χ1n) is 4.10. The van der Waals surface area contributed by atoms with Crippen molar-refractivity contribution in [3.8, 4) is 5.75 Å². The van der Waals surface area contributed by atoms with Crippen LogP contribution in [0.5, 0.6) is 5.75 Å². The van der Waals surface area contributed by atoms with Gasteiger partial charge >= 0.3 is 5.97 Å². The van der Waals surface area contributed by atoms with Gasteiger partial charge in [0.15, 0.2) is 0 Å². The molecule has 4 nitrogen and oxygen atoms in total. The van der Waals surface area contributed by atoms with Crippen LogP contribution in [0.15, 0.2) is 36.5 Å². The summed E-state index contributed by atoms with van der Waals surface area (Å²) in [6.07, 6.45) is 2.33. The van der Waals surface area contributed by atoms with Crippen molar-refractivity contribution in [2.45, 2.75) is 6.54 Å². The van der Waals surface area contributed by atoms with E-state index in [4.69, 9.17) is 5.11 Å². The summed E-state index contributed by atoms with van der Waals surface area (Å²) in [7, 11) is 0. The normalized spacial score (nSPS) is 10.3. The number of benzene rings is 1. The van der Waals surface area contributed by atoms with Crippen molar-refractivity contribution >= 4 is 5.97 Å². The molecule has 0 heterocycles. The molecule has 0 amide bonds. The number of aromatic hydroxyl groups is 1. The second kappa shape index (κ2) is 4.91. The van der Waals surface area contributed by atoms with Crippen LogP contribution in [0.2, 0.25) is 0 Å². The Hall–Kier alpha value is -1.97. The van der Waals surface area contributed by atoms with Gasteiger partial charge < -0.3 is 15.5 Å². The standard InChI is InChI=1S/C10H11NO3/c12-9-4-2-1-3-8(9)7-11-6-5-10(13)14/h1-6,11-12H,7H2,(H,13,14)/b6-5+. The molecule has 14 heavy (non-hydrogen) atoms. The fourth-order valence-corrected chi connectivity index (χ4v) is 0.959. The first-order chi connectivity index (χ1) is 6.70. The van der Waals surface area contributed by atoms with Gasteiger partial charge in [0, 0.05) is 24.4 Å². The summed E-state index contributed by atoms with van der Waals surface area (Å²) in [5.41, 5.74) is 0.725. The summed E-state index contributed by atoms with van der Waals surface area (Å²) in [5, 5.41) is 20.4. The molecule has 0 radical (unpaired) electrons. The minimum atomic E-state index is -1.00. The smallest absolute Gasteiger partial charge is 0.329 e. The Morgan fingerprint density at radius 2 is 2.14 bits per heavy atom. The van der Waals surface area contributed by atoms with Gasteiger partial charge in [-0.15, -0.1) is 0 Å². The van der Waals surface area contributed by atoms with Crippen LogP contribution in [0.1, 0.15) is 5.56 Å². The molecule has 1 aromatic rings. The highest BCUT2D eigenvalue weighted by atomic mass is 16.4. The van der Waals surface area contributed by atoms with Crippen LogP contribution in [0, 0.1) is 0 Å². The lowest BCUT2D eigenvalue weighted by molar-refractivity contribution is -0.131. The summed E-state index contributed by atoms with van der Waals surface area (Å²) < 4.78 is 0. The molecule has 0 saturated heterocycles. The summed E-state index contributed by atoms with van der Waals surface area (Å²) in [6.45, 7) is 0.399. The van der Waals surface area contributed by atoms with Crippen LogP contribution in [-0.2, 0) is 11.3 Å². The second-order valence-corrected chi connectivity index (χ2v) is 2.68. The highest BCUT2D eigenvalue weighted by molar-refractivity contribution is 5.79. The summed E-state index contributed by atoms with van der Waals surface area (Å²) in [4.78, 5) is 10.1. The van der Waals surface area contributed by atoms with Gasteiger partial charge in [-0.05, 0) is 6.07 Å². The van der Waals surface area contributed by atoms with Gasteiger partial charge in [0.1, 0.15) is 5.75 Å². The molecule has 0 saturated carbocycles. The van der Waals surface area contributed by atoms with Gasteiger partial charge in [0.25, 0.3) is 0 Å². The zero-order chi connectivity index (χ0) is 10.4. The molecule has 0 fully saturated rings. The number of aliphatic carboxylic acids is 1. The van der Waals surface area contributed by atoms with Crippen LogP contribution >= 0.6 is 0 Å². The van der Waals surface area contributed by atoms with Gasteiger partial charge in [-0.2, -0.15) is 0 Å². The van der Waals surface area contributed by atoms with E-state index in [9.17, 15) is 9.90 Å². The topological polar surface area (TPSA) is 69.6 Å². The van der Waals surface area contributed by atoms with Crippen molar-refractivity contribution in [2.75, 3.05) is 0 Å². The maximum Gasteiger partial charge on any atom is 0.329 e. The first kappa shape index (κ1) is 10.1. The van der Waals surface area contributed by atoms with Gasteiger partial charge in [-0.3, -0.25) is 0 Å². The van der Waals surface area contributed by atoms with Crippen molar-refractivity contribution in [1.82, 2.24) is 5.32 Å². The summed E-state index contributed by atoms with van der Waals surface area (Å²) in [6, 6.07) is 6.87. The minimum Gasteiger partial charge on any atom is -0.508 e. The Kier molecular flexibility index (Phi) is 3.55. The average Bonchev–Trinajstić information content (AvgIpc) is 2.15. The number of hydrogen-bond acceptors (Lipinski definition) is 3. The zero-order valence-electron chi connectivity index (χ0n) is 7.47. The van der Waals surface area contributed by atoms with E-state index in [2.05, 4.69) is 5.32 Å².